The number of hydrogen-bond donors (Lipinski definition) is 1. The van der Waals surface area contributed by atoms with Crippen LogP contribution in [-0.4, -0.2) is 48.6 Å². The van der Waals surface area contributed by atoms with Crippen LogP contribution in [0.15, 0.2) is 4.99 Å². The standard InChI is InChI=1S/C11H23N3O/c1-5-14-6-7-15-9(8-14)10(12)13-11(2,3)4/h9H,5-8H2,1-4H3,(H2,12,13). The van der Waals surface area contributed by atoms with Gasteiger partial charge in [0.2, 0.25) is 0 Å². The molecule has 4 heteroatoms. The Morgan fingerprint density at radius 1 is 1.53 bits per heavy atom. The molecule has 2 N–H and O–H groups in total. The Morgan fingerprint density at radius 3 is 2.73 bits per heavy atom. The molecule has 0 radical (unpaired) electrons. The van der Waals surface area contributed by atoms with Gasteiger partial charge in [0.05, 0.1) is 12.1 Å². The monoisotopic (exact) mass is 213 g/mol. The van der Waals surface area contributed by atoms with E-state index in [2.05, 4.69) is 16.8 Å². The number of morpholine rings is 1. The quantitative estimate of drug-likeness (QED) is 0.547. The number of hydrogen-bond acceptors (Lipinski definition) is 3. The van der Waals surface area contributed by atoms with Gasteiger partial charge in [0, 0.05) is 13.1 Å². The molecule has 1 saturated heterocycles. The van der Waals surface area contributed by atoms with Crippen LogP contribution >= 0.6 is 0 Å². The minimum Gasteiger partial charge on any atom is -0.385 e. The van der Waals surface area contributed by atoms with Gasteiger partial charge in [0.1, 0.15) is 11.9 Å². The van der Waals surface area contributed by atoms with E-state index in [-0.39, 0.29) is 11.6 Å². The second-order valence-corrected chi connectivity index (χ2v) is 4.96. The zero-order chi connectivity index (χ0) is 11.5. The van der Waals surface area contributed by atoms with Gasteiger partial charge in [-0.05, 0) is 27.3 Å². The van der Waals surface area contributed by atoms with Crippen molar-refractivity contribution in [2.75, 3.05) is 26.2 Å². The lowest BCUT2D eigenvalue weighted by Crippen LogP contribution is -2.48. The van der Waals surface area contributed by atoms with Crippen molar-refractivity contribution in [1.29, 1.82) is 0 Å². The van der Waals surface area contributed by atoms with Crippen LogP contribution in [0.1, 0.15) is 27.7 Å². The Bertz CT molecular complexity index is 232. The van der Waals surface area contributed by atoms with Gasteiger partial charge in [0.15, 0.2) is 0 Å². The summed E-state index contributed by atoms with van der Waals surface area (Å²) in [7, 11) is 0. The maximum absolute atomic E-state index is 5.95. The number of likely N-dealkylation sites (N-methyl/N-ethyl adjacent to an activating group) is 1. The summed E-state index contributed by atoms with van der Waals surface area (Å²) in [6, 6.07) is 0. The molecule has 0 saturated carbocycles. The van der Waals surface area contributed by atoms with Crippen LogP contribution in [0.4, 0.5) is 0 Å². The van der Waals surface area contributed by atoms with Crippen molar-refractivity contribution in [2.24, 2.45) is 10.7 Å². The number of nitrogens with zero attached hydrogens (tertiary/aromatic N) is 2. The summed E-state index contributed by atoms with van der Waals surface area (Å²) < 4.78 is 5.62. The van der Waals surface area contributed by atoms with E-state index in [1.165, 1.54) is 0 Å². The molecule has 15 heavy (non-hydrogen) atoms. The van der Waals surface area contributed by atoms with Crippen LogP contribution in [0.25, 0.3) is 0 Å². The lowest BCUT2D eigenvalue weighted by atomic mass is 10.1. The molecule has 1 fully saturated rings. The summed E-state index contributed by atoms with van der Waals surface area (Å²) in [5, 5.41) is 0. The van der Waals surface area contributed by atoms with Crippen molar-refractivity contribution in [3.05, 3.63) is 0 Å². The topological polar surface area (TPSA) is 50.9 Å². The van der Waals surface area contributed by atoms with Crippen molar-refractivity contribution < 1.29 is 4.74 Å². The molecule has 1 unspecified atom stereocenters. The van der Waals surface area contributed by atoms with E-state index < -0.39 is 0 Å². The van der Waals surface area contributed by atoms with Gasteiger partial charge in [-0.15, -0.1) is 0 Å². The van der Waals surface area contributed by atoms with Crippen LogP contribution in [0.3, 0.4) is 0 Å². The molecular formula is C11H23N3O. The van der Waals surface area contributed by atoms with Crippen molar-refractivity contribution in [3.63, 3.8) is 0 Å². The SMILES string of the molecule is CCN1CCOC(C(N)=NC(C)(C)C)C1. The highest BCUT2D eigenvalue weighted by atomic mass is 16.5. The Labute approximate surface area is 92.5 Å². The fraction of sp³-hybridized carbons (Fsp3) is 0.909. The van der Waals surface area contributed by atoms with Crippen LogP contribution in [0, 0.1) is 0 Å². The molecule has 0 bridgehead atoms. The summed E-state index contributed by atoms with van der Waals surface area (Å²) in [4.78, 5) is 6.78. The van der Waals surface area contributed by atoms with E-state index in [1.54, 1.807) is 0 Å². The summed E-state index contributed by atoms with van der Waals surface area (Å²) in [6.07, 6.45) is -0.0297. The largest absolute Gasteiger partial charge is 0.385 e. The second kappa shape index (κ2) is 4.94. The molecule has 1 aliphatic heterocycles. The van der Waals surface area contributed by atoms with E-state index in [0.717, 1.165) is 26.2 Å². The van der Waals surface area contributed by atoms with Crippen LogP contribution in [-0.2, 0) is 4.74 Å². The summed E-state index contributed by atoms with van der Waals surface area (Å²) in [6.45, 7) is 11.9. The lowest BCUT2D eigenvalue weighted by Gasteiger charge is -2.32. The van der Waals surface area contributed by atoms with Gasteiger partial charge in [-0.2, -0.15) is 0 Å². The van der Waals surface area contributed by atoms with Crippen LogP contribution < -0.4 is 5.73 Å². The first-order valence-corrected chi connectivity index (χ1v) is 5.61. The first-order chi connectivity index (χ1) is 6.92. The minimum atomic E-state index is -0.123. The predicted octanol–water partition coefficient (Wildman–Crippen LogP) is 0.863. The first kappa shape index (κ1) is 12.5. The Hall–Kier alpha value is -0.610. The maximum Gasteiger partial charge on any atom is 0.127 e. The zero-order valence-corrected chi connectivity index (χ0v) is 10.3. The minimum absolute atomic E-state index is 0.0297. The van der Waals surface area contributed by atoms with Gasteiger partial charge in [0.25, 0.3) is 0 Å². The van der Waals surface area contributed by atoms with E-state index >= 15 is 0 Å². The molecule has 4 nitrogen and oxygen atoms in total. The number of rotatable bonds is 2. The van der Waals surface area contributed by atoms with Gasteiger partial charge >= 0.3 is 0 Å². The molecule has 0 aliphatic carbocycles. The van der Waals surface area contributed by atoms with Crippen molar-refractivity contribution >= 4 is 5.84 Å². The third kappa shape index (κ3) is 4.18. The first-order valence-electron chi connectivity index (χ1n) is 5.61. The maximum atomic E-state index is 5.95. The van der Waals surface area contributed by atoms with Crippen molar-refractivity contribution in [1.82, 2.24) is 4.90 Å². The number of ether oxygens (including phenoxy) is 1. The van der Waals surface area contributed by atoms with E-state index in [4.69, 9.17) is 10.5 Å². The fourth-order valence-electron chi connectivity index (χ4n) is 1.63. The summed E-state index contributed by atoms with van der Waals surface area (Å²) in [5.41, 5.74) is 5.83. The number of nitrogens with two attached hydrogens (primary N) is 1. The zero-order valence-electron chi connectivity index (χ0n) is 10.3. The number of aliphatic imine (C=N–C) groups is 1. The Balaban J connectivity index is 2.59. The average Bonchev–Trinajstić information content (AvgIpc) is 2.15. The molecule has 0 aromatic heterocycles. The smallest absolute Gasteiger partial charge is 0.127 e. The molecule has 1 aliphatic rings. The Kier molecular flexibility index (Phi) is 4.11. The van der Waals surface area contributed by atoms with Crippen molar-refractivity contribution in [2.45, 2.75) is 39.3 Å². The highest BCUT2D eigenvalue weighted by Crippen LogP contribution is 2.10. The molecule has 1 heterocycles. The molecule has 1 rings (SSSR count). The summed E-state index contributed by atoms with van der Waals surface area (Å²) >= 11 is 0. The van der Waals surface area contributed by atoms with Crippen LogP contribution in [0.2, 0.25) is 0 Å². The third-order valence-electron chi connectivity index (χ3n) is 2.39. The second-order valence-electron chi connectivity index (χ2n) is 4.96. The molecular weight excluding hydrogens is 190 g/mol. The highest BCUT2D eigenvalue weighted by Gasteiger charge is 2.23. The highest BCUT2D eigenvalue weighted by molar-refractivity contribution is 5.85. The van der Waals surface area contributed by atoms with Gasteiger partial charge in [-0.25, -0.2) is 0 Å². The molecule has 88 valence electrons. The normalized spacial score (nSPS) is 25.6. The number of amidine groups is 1. The van der Waals surface area contributed by atoms with Gasteiger partial charge in [-0.3, -0.25) is 9.89 Å². The predicted molar refractivity (Wildman–Crippen MR) is 63.2 cm³/mol. The third-order valence-corrected chi connectivity index (χ3v) is 2.39. The average molecular weight is 213 g/mol. The lowest BCUT2D eigenvalue weighted by molar-refractivity contribution is 0.00788. The van der Waals surface area contributed by atoms with E-state index in [0.29, 0.717) is 5.84 Å². The van der Waals surface area contributed by atoms with Crippen molar-refractivity contribution in [3.8, 4) is 0 Å². The van der Waals surface area contributed by atoms with Crippen LogP contribution in [0.5, 0.6) is 0 Å². The molecule has 1 atom stereocenters. The van der Waals surface area contributed by atoms with E-state index in [9.17, 15) is 0 Å². The molecule has 0 spiro atoms. The van der Waals surface area contributed by atoms with Gasteiger partial charge in [-0.1, -0.05) is 6.92 Å². The fourth-order valence-corrected chi connectivity index (χ4v) is 1.63. The van der Waals surface area contributed by atoms with Gasteiger partial charge < -0.3 is 10.5 Å². The Morgan fingerprint density at radius 2 is 2.20 bits per heavy atom. The molecule has 0 aromatic carbocycles. The molecule has 0 amide bonds. The van der Waals surface area contributed by atoms with E-state index in [1.807, 2.05) is 20.8 Å². The molecule has 0 aromatic rings. The summed E-state index contributed by atoms with van der Waals surface area (Å²) in [5.74, 6) is 0.626.